The lowest BCUT2D eigenvalue weighted by atomic mass is 9.86. The molecule has 1 heterocycles. The largest absolute Gasteiger partial charge is 0.396 e. The fourth-order valence-corrected chi connectivity index (χ4v) is 3.45. The molecule has 1 N–H and O–H groups in total. The van der Waals surface area contributed by atoms with Gasteiger partial charge in [0.05, 0.1) is 0 Å². The Labute approximate surface area is 106 Å². The van der Waals surface area contributed by atoms with E-state index in [-0.39, 0.29) is 5.41 Å². The van der Waals surface area contributed by atoms with E-state index < -0.39 is 0 Å². The van der Waals surface area contributed by atoms with Crippen molar-refractivity contribution >= 4 is 0 Å². The standard InChI is InChI=1S/C14H28N2O/c1-2-7-15-8-10-16(11-9-15)12-14(13-17)5-3-4-6-14/h17H,2-13H2,1H3. The molecule has 0 spiro atoms. The number of piperazine rings is 1. The van der Waals surface area contributed by atoms with Gasteiger partial charge in [0.1, 0.15) is 0 Å². The van der Waals surface area contributed by atoms with E-state index >= 15 is 0 Å². The number of hydrogen-bond donors (Lipinski definition) is 1. The van der Waals surface area contributed by atoms with Gasteiger partial charge in [-0.1, -0.05) is 19.8 Å². The molecule has 1 aliphatic carbocycles. The number of aliphatic hydroxyl groups is 1. The van der Waals surface area contributed by atoms with Crippen molar-refractivity contribution in [3.8, 4) is 0 Å². The molecule has 0 amide bonds. The first-order chi connectivity index (χ1) is 8.28. The maximum Gasteiger partial charge on any atom is 0.0499 e. The van der Waals surface area contributed by atoms with E-state index in [1.165, 1.54) is 64.8 Å². The highest BCUT2D eigenvalue weighted by Crippen LogP contribution is 2.38. The Balaban J connectivity index is 1.77. The smallest absolute Gasteiger partial charge is 0.0499 e. The lowest BCUT2D eigenvalue weighted by Gasteiger charge is -2.39. The Morgan fingerprint density at radius 1 is 1.00 bits per heavy atom. The summed E-state index contributed by atoms with van der Waals surface area (Å²) in [6, 6.07) is 0. The third-order valence-electron chi connectivity index (χ3n) is 4.56. The highest BCUT2D eigenvalue weighted by Gasteiger charge is 2.35. The van der Waals surface area contributed by atoms with Crippen LogP contribution in [-0.2, 0) is 0 Å². The van der Waals surface area contributed by atoms with Crippen LogP contribution in [-0.4, -0.2) is 60.8 Å². The molecule has 100 valence electrons. The Morgan fingerprint density at radius 3 is 2.12 bits per heavy atom. The molecular weight excluding hydrogens is 212 g/mol. The molecule has 0 aromatic rings. The molecule has 3 heteroatoms. The van der Waals surface area contributed by atoms with Crippen LogP contribution in [0.5, 0.6) is 0 Å². The molecule has 0 radical (unpaired) electrons. The molecule has 2 rings (SSSR count). The average molecular weight is 240 g/mol. The summed E-state index contributed by atoms with van der Waals surface area (Å²) in [5.41, 5.74) is 0.243. The van der Waals surface area contributed by atoms with E-state index in [9.17, 15) is 5.11 Å². The van der Waals surface area contributed by atoms with Gasteiger partial charge in [0.15, 0.2) is 0 Å². The van der Waals surface area contributed by atoms with Gasteiger partial charge in [0.25, 0.3) is 0 Å². The van der Waals surface area contributed by atoms with Crippen LogP contribution in [0, 0.1) is 5.41 Å². The summed E-state index contributed by atoms with van der Waals surface area (Å²) in [5.74, 6) is 0. The van der Waals surface area contributed by atoms with Crippen LogP contribution in [0.15, 0.2) is 0 Å². The van der Waals surface area contributed by atoms with Crippen LogP contribution in [0.2, 0.25) is 0 Å². The highest BCUT2D eigenvalue weighted by atomic mass is 16.3. The van der Waals surface area contributed by atoms with Gasteiger partial charge >= 0.3 is 0 Å². The Kier molecular flexibility index (Phi) is 4.83. The van der Waals surface area contributed by atoms with Crippen molar-refractivity contribution in [2.24, 2.45) is 5.41 Å². The molecule has 1 saturated heterocycles. The molecule has 0 bridgehead atoms. The zero-order valence-corrected chi connectivity index (χ0v) is 11.3. The van der Waals surface area contributed by atoms with E-state index in [0.717, 1.165) is 6.54 Å². The maximum atomic E-state index is 9.65. The van der Waals surface area contributed by atoms with Gasteiger partial charge in [-0.25, -0.2) is 0 Å². The summed E-state index contributed by atoms with van der Waals surface area (Å²) >= 11 is 0. The number of nitrogens with zero attached hydrogens (tertiary/aromatic N) is 2. The van der Waals surface area contributed by atoms with Crippen molar-refractivity contribution in [2.45, 2.75) is 39.0 Å². The fourth-order valence-electron chi connectivity index (χ4n) is 3.45. The first-order valence-corrected chi connectivity index (χ1v) is 7.33. The van der Waals surface area contributed by atoms with Crippen LogP contribution in [0.1, 0.15) is 39.0 Å². The summed E-state index contributed by atoms with van der Waals surface area (Å²) in [6.45, 7) is 9.85. The minimum atomic E-state index is 0.243. The molecule has 2 aliphatic rings. The zero-order chi connectivity index (χ0) is 12.1. The number of hydrogen-bond acceptors (Lipinski definition) is 3. The Bertz CT molecular complexity index is 218. The van der Waals surface area contributed by atoms with Gasteiger partial charge < -0.3 is 14.9 Å². The maximum absolute atomic E-state index is 9.65. The van der Waals surface area contributed by atoms with Gasteiger partial charge in [-0.2, -0.15) is 0 Å². The third-order valence-corrected chi connectivity index (χ3v) is 4.56. The monoisotopic (exact) mass is 240 g/mol. The Hall–Kier alpha value is -0.120. The van der Waals surface area contributed by atoms with Crippen molar-refractivity contribution in [2.75, 3.05) is 45.9 Å². The van der Waals surface area contributed by atoms with E-state index in [2.05, 4.69) is 16.7 Å². The first-order valence-electron chi connectivity index (χ1n) is 7.33. The predicted octanol–water partition coefficient (Wildman–Crippen LogP) is 1.57. The predicted molar refractivity (Wildman–Crippen MR) is 71.2 cm³/mol. The fraction of sp³-hybridized carbons (Fsp3) is 1.00. The summed E-state index contributed by atoms with van der Waals surface area (Å²) in [7, 11) is 0. The molecule has 0 aromatic carbocycles. The third kappa shape index (κ3) is 3.43. The molecule has 0 aromatic heterocycles. The molecule has 17 heavy (non-hydrogen) atoms. The van der Waals surface area contributed by atoms with Crippen LogP contribution in [0.4, 0.5) is 0 Å². The average Bonchev–Trinajstić information content (AvgIpc) is 2.81. The molecular formula is C14H28N2O. The lowest BCUT2D eigenvalue weighted by molar-refractivity contribution is 0.0497. The minimum absolute atomic E-state index is 0.243. The van der Waals surface area contributed by atoms with Gasteiger partial charge in [0.2, 0.25) is 0 Å². The molecule has 1 saturated carbocycles. The molecule has 1 aliphatic heterocycles. The van der Waals surface area contributed by atoms with Crippen molar-refractivity contribution in [1.82, 2.24) is 9.80 Å². The first kappa shape index (κ1) is 13.3. The second kappa shape index (κ2) is 6.17. The Morgan fingerprint density at radius 2 is 1.59 bits per heavy atom. The van der Waals surface area contributed by atoms with Gasteiger partial charge in [-0.3, -0.25) is 0 Å². The van der Waals surface area contributed by atoms with Crippen LogP contribution in [0.25, 0.3) is 0 Å². The van der Waals surface area contributed by atoms with Crippen LogP contribution in [0.3, 0.4) is 0 Å². The summed E-state index contributed by atoms with van der Waals surface area (Å²) in [5, 5.41) is 9.65. The van der Waals surface area contributed by atoms with E-state index in [4.69, 9.17) is 0 Å². The van der Waals surface area contributed by atoms with E-state index in [1.807, 2.05) is 0 Å². The second-order valence-electron chi connectivity index (χ2n) is 5.98. The van der Waals surface area contributed by atoms with Crippen LogP contribution < -0.4 is 0 Å². The van der Waals surface area contributed by atoms with Crippen molar-refractivity contribution in [3.05, 3.63) is 0 Å². The van der Waals surface area contributed by atoms with Crippen molar-refractivity contribution < 1.29 is 5.11 Å². The number of rotatable bonds is 5. The molecule has 0 atom stereocenters. The summed E-state index contributed by atoms with van der Waals surface area (Å²) < 4.78 is 0. The van der Waals surface area contributed by atoms with E-state index in [1.54, 1.807) is 0 Å². The summed E-state index contributed by atoms with van der Waals surface area (Å²) in [4.78, 5) is 5.14. The quantitative estimate of drug-likeness (QED) is 0.790. The normalized spacial score (nSPS) is 26.5. The van der Waals surface area contributed by atoms with Gasteiger partial charge in [-0.05, 0) is 25.8 Å². The van der Waals surface area contributed by atoms with Gasteiger partial charge in [0, 0.05) is 44.7 Å². The van der Waals surface area contributed by atoms with Gasteiger partial charge in [-0.15, -0.1) is 0 Å². The topological polar surface area (TPSA) is 26.7 Å². The number of aliphatic hydroxyl groups excluding tert-OH is 1. The summed E-state index contributed by atoms with van der Waals surface area (Å²) in [6.07, 6.45) is 6.37. The minimum Gasteiger partial charge on any atom is -0.396 e. The lowest BCUT2D eigenvalue weighted by Crippen LogP contribution is -2.50. The highest BCUT2D eigenvalue weighted by molar-refractivity contribution is 4.88. The molecule has 3 nitrogen and oxygen atoms in total. The van der Waals surface area contributed by atoms with E-state index in [0.29, 0.717) is 6.61 Å². The zero-order valence-electron chi connectivity index (χ0n) is 11.3. The SMILES string of the molecule is CCCN1CCN(CC2(CO)CCCC2)CC1. The molecule has 2 fully saturated rings. The van der Waals surface area contributed by atoms with Crippen LogP contribution >= 0.6 is 0 Å². The molecule has 0 unspecified atom stereocenters. The van der Waals surface area contributed by atoms with Crippen molar-refractivity contribution in [1.29, 1.82) is 0 Å². The second-order valence-corrected chi connectivity index (χ2v) is 5.98. The van der Waals surface area contributed by atoms with Crippen molar-refractivity contribution in [3.63, 3.8) is 0 Å².